The van der Waals surface area contributed by atoms with Gasteiger partial charge in [-0.2, -0.15) is 0 Å². The minimum Gasteiger partial charge on any atom is -0.493 e. The third-order valence-electron chi connectivity index (χ3n) is 3.85. The van der Waals surface area contributed by atoms with Gasteiger partial charge < -0.3 is 25.3 Å². The van der Waals surface area contributed by atoms with E-state index in [4.69, 9.17) is 19.9 Å². The molecule has 1 aromatic heterocycles. The molecule has 2 rings (SSSR count). The number of benzene rings is 1. The molecule has 0 spiro atoms. The van der Waals surface area contributed by atoms with Crippen LogP contribution in [0, 0.1) is 0 Å². The van der Waals surface area contributed by atoms with E-state index in [-0.39, 0.29) is 0 Å². The largest absolute Gasteiger partial charge is 0.493 e. The van der Waals surface area contributed by atoms with Crippen LogP contribution in [-0.4, -0.2) is 38.3 Å². The van der Waals surface area contributed by atoms with Crippen molar-refractivity contribution in [2.24, 2.45) is 10.7 Å². The normalized spacial score (nSPS) is 11.1. The van der Waals surface area contributed by atoms with Crippen molar-refractivity contribution in [3.8, 4) is 17.4 Å². The Labute approximate surface area is 160 Å². The molecule has 2 aromatic rings. The van der Waals surface area contributed by atoms with Crippen LogP contribution in [0.4, 0.5) is 0 Å². The first kappa shape index (κ1) is 20.4. The zero-order valence-electron chi connectivity index (χ0n) is 16.2. The third-order valence-corrected chi connectivity index (χ3v) is 3.85. The summed E-state index contributed by atoms with van der Waals surface area (Å²) in [5.41, 5.74) is 8.03. The number of hydrogen-bond donors (Lipinski definition) is 2. The summed E-state index contributed by atoms with van der Waals surface area (Å²) in [6.07, 6.45) is 3.51. The lowest BCUT2D eigenvalue weighted by Gasteiger charge is -2.10. The summed E-state index contributed by atoms with van der Waals surface area (Å²) in [6, 6.07) is 9.65. The third kappa shape index (κ3) is 6.69. The predicted molar refractivity (Wildman–Crippen MR) is 107 cm³/mol. The van der Waals surface area contributed by atoms with E-state index in [0.717, 1.165) is 35.5 Å². The molecule has 0 saturated carbocycles. The molecule has 0 unspecified atom stereocenters. The van der Waals surface area contributed by atoms with E-state index in [2.05, 4.69) is 22.2 Å². The van der Waals surface area contributed by atoms with Crippen LogP contribution >= 0.6 is 0 Å². The molecular weight excluding hydrogens is 344 g/mol. The first-order valence-corrected chi connectivity index (χ1v) is 8.98. The molecule has 146 valence electrons. The van der Waals surface area contributed by atoms with Crippen LogP contribution < -0.4 is 25.3 Å². The van der Waals surface area contributed by atoms with E-state index >= 15 is 0 Å². The second-order valence-electron chi connectivity index (χ2n) is 5.92. The highest BCUT2D eigenvalue weighted by Crippen LogP contribution is 2.27. The Hall–Kier alpha value is -2.96. The van der Waals surface area contributed by atoms with Crippen LogP contribution in [0.25, 0.3) is 0 Å². The summed E-state index contributed by atoms with van der Waals surface area (Å²) >= 11 is 0. The molecule has 0 bridgehead atoms. The first-order valence-electron chi connectivity index (χ1n) is 8.98. The van der Waals surface area contributed by atoms with Gasteiger partial charge in [0.15, 0.2) is 17.5 Å². The van der Waals surface area contributed by atoms with Gasteiger partial charge in [0.1, 0.15) is 0 Å². The summed E-state index contributed by atoms with van der Waals surface area (Å²) < 4.78 is 16.0. The Morgan fingerprint density at radius 2 is 1.89 bits per heavy atom. The van der Waals surface area contributed by atoms with E-state index in [0.29, 0.717) is 31.5 Å². The van der Waals surface area contributed by atoms with Crippen molar-refractivity contribution in [1.82, 2.24) is 10.3 Å². The maximum absolute atomic E-state index is 5.93. The zero-order valence-corrected chi connectivity index (χ0v) is 16.2. The van der Waals surface area contributed by atoms with E-state index in [9.17, 15) is 0 Å². The topological polar surface area (TPSA) is 91.0 Å². The van der Waals surface area contributed by atoms with Crippen molar-refractivity contribution in [2.45, 2.75) is 26.3 Å². The summed E-state index contributed by atoms with van der Waals surface area (Å²) in [5.74, 6) is 2.47. The predicted octanol–water partition coefficient (Wildman–Crippen LogP) is 2.53. The number of hydrogen-bond acceptors (Lipinski definition) is 5. The number of methoxy groups -OCH3 is 2. The lowest BCUT2D eigenvalue weighted by Crippen LogP contribution is -2.33. The number of rotatable bonds is 10. The molecule has 0 fully saturated rings. The summed E-state index contributed by atoms with van der Waals surface area (Å²) in [4.78, 5) is 8.59. The molecule has 0 atom stereocenters. The Kier molecular flexibility index (Phi) is 8.22. The fourth-order valence-electron chi connectivity index (χ4n) is 2.40. The Bertz CT molecular complexity index is 733. The second-order valence-corrected chi connectivity index (χ2v) is 5.92. The maximum Gasteiger partial charge on any atom is 0.213 e. The van der Waals surface area contributed by atoms with Crippen molar-refractivity contribution < 1.29 is 14.2 Å². The summed E-state index contributed by atoms with van der Waals surface area (Å²) in [6.45, 7) is 3.87. The van der Waals surface area contributed by atoms with E-state index < -0.39 is 0 Å². The van der Waals surface area contributed by atoms with Crippen molar-refractivity contribution in [3.63, 3.8) is 0 Å². The molecule has 7 nitrogen and oxygen atoms in total. The van der Waals surface area contributed by atoms with Crippen LogP contribution in [0.1, 0.15) is 24.5 Å². The van der Waals surface area contributed by atoms with Crippen LogP contribution in [0.5, 0.6) is 17.4 Å². The van der Waals surface area contributed by atoms with Gasteiger partial charge in [0.05, 0.1) is 27.4 Å². The molecule has 0 radical (unpaired) electrons. The highest BCUT2D eigenvalue weighted by molar-refractivity contribution is 5.77. The fraction of sp³-hybridized carbons (Fsp3) is 0.400. The van der Waals surface area contributed by atoms with Crippen LogP contribution in [0.2, 0.25) is 0 Å². The van der Waals surface area contributed by atoms with Gasteiger partial charge in [0.2, 0.25) is 5.88 Å². The number of aliphatic imine (C=N–C) groups is 1. The number of nitrogens with one attached hydrogen (secondary N) is 1. The molecule has 0 saturated heterocycles. The molecule has 3 N–H and O–H groups in total. The summed E-state index contributed by atoms with van der Waals surface area (Å²) in [7, 11) is 3.25. The molecule has 0 aliphatic heterocycles. The van der Waals surface area contributed by atoms with Crippen molar-refractivity contribution in [2.75, 3.05) is 27.4 Å². The molecule has 1 aromatic carbocycles. The van der Waals surface area contributed by atoms with Crippen molar-refractivity contribution in [1.29, 1.82) is 0 Å². The quantitative estimate of drug-likeness (QED) is 0.492. The second kappa shape index (κ2) is 10.9. The molecule has 0 amide bonds. The molecular formula is C20H28N4O3. The number of pyridine rings is 1. The van der Waals surface area contributed by atoms with Gasteiger partial charge >= 0.3 is 0 Å². The number of guanidine groups is 1. The van der Waals surface area contributed by atoms with Crippen molar-refractivity contribution >= 4 is 5.96 Å². The average Bonchev–Trinajstić information content (AvgIpc) is 2.71. The lowest BCUT2D eigenvalue weighted by atomic mass is 10.1. The van der Waals surface area contributed by atoms with Gasteiger partial charge in [-0.05, 0) is 36.1 Å². The number of ether oxygens (including phenoxy) is 3. The average molecular weight is 372 g/mol. The highest BCUT2D eigenvalue weighted by atomic mass is 16.5. The number of nitrogens with zero attached hydrogens (tertiary/aromatic N) is 2. The van der Waals surface area contributed by atoms with Gasteiger partial charge in [-0.15, -0.1) is 0 Å². The van der Waals surface area contributed by atoms with Crippen LogP contribution in [0.3, 0.4) is 0 Å². The zero-order chi connectivity index (χ0) is 19.5. The Morgan fingerprint density at radius 1 is 1.11 bits per heavy atom. The fourth-order valence-corrected chi connectivity index (χ4v) is 2.40. The maximum atomic E-state index is 5.93. The molecule has 0 aliphatic carbocycles. The van der Waals surface area contributed by atoms with Gasteiger partial charge in [0, 0.05) is 18.8 Å². The first-order chi connectivity index (χ1) is 13.2. The lowest BCUT2D eigenvalue weighted by molar-refractivity contribution is 0.305. The molecule has 0 aliphatic rings. The Morgan fingerprint density at radius 3 is 2.56 bits per heavy atom. The van der Waals surface area contributed by atoms with Gasteiger partial charge in [-0.25, -0.2) is 9.98 Å². The smallest absolute Gasteiger partial charge is 0.213 e. The van der Waals surface area contributed by atoms with E-state index in [1.165, 1.54) is 0 Å². The monoisotopic (exact) mass is 372 g/mol. The minimum atomic E-state index is 0.404. The Balaban J connectivity index is 1.79. The van der Waals surface area contributed by atoms with Crippen molar-refractivity contribution in [3.05, 3.63) is 47.7 Å². The minimum absolute atomic E-state index is 0.404. The summed E-state index contributed by atoms with van der Waals surface area (Å²) in [5, 5.41) is 3.12. The molecule has 27 heavy (non-hydrogen) atoms. The van der Waals surface area contributed by atoms with E-state index in [1.807, 2.05) is 30.3 Å². The van der Waals surface area contributed by atoms with Crippen LogP contribution in [-0.2, 0) is 13.0 Å². The highest BCUT2D eigenvalue weighted by Gasteiger charge is 2.04. The molecule has 1 heterocycles. The van der Waals surface area contributed by atoms with Gasteiger partial charge in [-0.3, -0.25) is 0 Å². The van der Waals surface area contributed by atoms with Crippen LogP contribution in [0.15, 0.2) is 41.5 Å². The van der Waals surface area contributed by atoms with Gasteiger partial charge in [-0.1, -0.05) is 19.1 Å². The SMILES string of the molecule is CCCOc1ccc(CN=C(N)NCCc2ccc(OC)c(OC)c2)cn1. The van der Waals surface area contributed by atoms with Gasteiger partial charge in [0.25, 0.3) is 0 Å². The number of nitrogens with two attached hydrogens (primary N) is 1. The standard InChI is InChI=1S/C20H28N4O3/c1-4-11-27-19-8-6-16(13-23-19)14-24-20(21)22-10-9-15-5-7-17(25-2)18(12-15)26-3/h5-8,12-13H,4,9-11,14H2,1-3H3,(H3,21,22,24). The molecule has 7 heteroatoms. The van der Waals surface area contributed by atoms with E-state index in [1.54, 1.807) is 20.4 Å². The number of aromatic nitrogens is 1.